The van der Waals surface area contributed by atoms with Crippen LogP contribution in [0, 0.1) is 6.92 Å². The van der Waals surface area contributed by atoms with E-state index in [9.17, 15) is 8.42 Å². The van der Waals surface area contributed by atoms with E-state index in [1.165, 1.54) is 0 Å². The quantitative estimate of drug-likeness (QED) is 0.883. The molecule has 1 aromatic rings. The van der Waals surface area contributed by atoms with Crippen molar-refractivity contribution in [2.75, 3.05) is 39.8 Å². The Morgan fingerprint density at radius 2 is 1.86 bits per heavy atom. The molecule has 1 N–H and O–H groups in total. The van der Waals surface area contributed by atoms with Gasteiger partial charge >= 0.3 is 0 Å². The highest BCUT2D eigenvalue weighted by Crippen LogP contribution is 2.23. The van der Waals surface area contributed by atoms with Crippen LogP contribution in [-0.4, -0.2) is 57.4 Å². The van der Waals surface area contributed by atoms with Crippen LogP contribution in [0.2, 0.25) is 0 Å². The molecule has 0 spiro atoms. The lowest BCUT2D eigenvalue weighted by Crippen LogP contribution is -2.48. The number of benzene rings is 1. The number of hydrogen-bond donors (Lipinski definition) is 1. The topological polar surface area (TPSA) is 52.7 Å². The fraction of sp³-hybridized carbons (Fsp3) is 0.600. The summed E-state index contributed by atoms with van der Waals surface area (Å²) in [6.07, 6.45) is 0. The Bertz CT molecular complexity index is 579. The van der Waals surface area contributed by atoms with Crippen molar-refractivity contribution >= 4 is 10.0 Å². The Morgan fingerprint density at radius 1 is 1.19 bits per heavy atom. The molecule has 118 valence electrons. The summed E-state index contributed by atoms with van der Waals surface area (Å²) in [6.45, 7) is 8.43. The highest BCUT2D eigenvalue weighted by molar-refractivity contribution is 7.89. The summed E-state index contributed by atoms with van der Waals surface area (Å²) in [4.78, 5) is 2.72. The normalized spacial score (nSPS) is 18.0. The number of nitrogens with one attached hydrogen (secondary N) is 1. The van der Waals surface area contributed by atoms with E-state index in [1.54, 1.807) is 10.4 Å². The number of rotatable bonds is 5. The third-order valence-electron chi connectivity index (χ3n) is 4.16. The minimum Gasteiger partial charge on any atom is -0.316 e. The SMILES string of the molecule is CCN1CCN(S(=O)(=O)c2cccc(CNC)c2C)CC1. The summed E-state index contributed by atoms with van der Waals surface area (Å²) in [5.74, 6) is 0. The average molecular weight is 311 g/mol. The fourth-order valence-corrected chi connectivity index (χ4v) is 4.44. The van der Waals surface area contributed by atoms with E-state index >= 15 is 0 Å². The van der Waals surface area contributed by atoms with Gasteiger partial charge in [0.05, 0.1) is 4.90 Å². The maximum absolute atomic E-state index is 12.8. The van der Waals surface area contributed by atoms with Gasteiger partial charge < -0.3 is 10.2 Å². The van der Waals surface area contributed by atoms with Gasteiger partial charge in [0.2, 0.25) is 10.0 Å². The zero-order valence-electron chi connectivity index (χ0n) is 13.1. The second-order valence-electron chi connectivity index (χ2n) is 5.41. The second-order valence-corrected chi connectivity index (χ2v) is 7.32. The van der Waals surface area contributed by atoms with E-state index in [1.807, 2.05) is 26.1 Å². The molecule has 2 rings (SSSR count). The van der Waals surface area contributed by atoms with Gasteiger partial charge in [0.1, 0.15) is 0 Å². The average Bonchev–Trinajstić information content (AvgIpc) is 2.49. The standard InChI is InChI=1S/C15H25N3O2S/c1-4-17-8-10-18(11-9-17)21(19,20)15-7-5-6-14(12-16-3)13(15)2/h5-7,16H,4,8-12H2,1-3H3. The van der Waals surface area contributed by atoms with Gasteiger partial charge in [0.25, 0.3) is 0 Å². The van der Waals surface area contributed by atoms with Crippen molar-refractivity contribution in [2.45, 2.75) is 25.3 Å². The third-order valence-corrected chi connectivity index (χ3v) is 6.20. The molecule has 1 aliphatic rings. The molecule has 0 bridgehead atoms. The number of nitrogens with zero attached hydrogens (tertiary/aromatic N) is 2. The first-order chi connectivity index (χ1) is 10.0. The predicted octanol–water partition coefficient (Wildman–Crippen LogP) is 1.04. The largest absolute Gasteiger partial charge is 0.316 e. The molecule has 1 saturated heterocycles. The Morgan fingerprint density at radius 3 is 2.43 bits per heavy atom. The lowest BCUT2D eigenvalue weighted by molar-refractivity contribution is 0.196. The van der Waals surface area contributed by atoms with Gasteiger partial charge in [-0.1, -0.05) is 19.1 Å². The van der Waals surface area contributed by atoms with Crippen LogP contribution in [0.5, 0.6) is 0 Å². The number of sulfonamides is 1. The maximum atomic E-state index is 12.8. The van der Waals surface area contributed by atoms with E-state index in [0.29, 0.717) is 24.5 Å². The molecule has 0 radical (unpaired) electrons. The summed E-state index contributed by atoms with van der Waals surface area (Å²) in [6, 6.07) is 5.52. The molecule has 6 heteroatoms. The van der Waals surface area contributed by atoms with Gasteiger partial charge in [-0.15, -0.1) is 0 Å². The molecule has 1 aromatic carbocycles. The highest BCUT2D eigenvalue weighted by Gasteiger charge is 2.29. The van der Waals surface area contributed by atoms with E-state index in [0.717, 1.165) is 30.8 Å². The molecule has 1 fully saturated rings. The van der Waals surface area contributed by atoms with Crippen molar-refractivity contribution in [3.05, 3.63) is 29.3 Å². The van der Waals surface area contributed by atoms with E-state index in [2.05, 4.69) is 17.1 Å². The number of likely N-dealkylation sites (N-methyl/N-ethyl adjacent to an activating group) is 1. The summed E-state index contributed by atoms with van der Waals surface area (Å²) >= 11 is 0. The van der Waals surface area contributed by atoms with Crippen LogP contribution < -0.4 is 5.32 Å². The van der Waals surface area contributed by atoms with E-state index in [4.69, 9.17) is 0 Å². The summed E-state index contributed by atoms with van der Waals surface area (Å²) in [5, 5.41) is 3.08. The fourth-order valence-electron chi connectivity index (χ4n) is 2.75. The summed E-state index contributed by atoms with van der Waals surface area (Å²) < 4.78 is 27.3. The molecule has 0 atom stereocenters. The Labute approximate surface area is 128 Å². The minimum atomic E-state index is -3.39. The van der Waals surface area contributed by atoms with Crippen LogP contribution in [0.25, 0.3) is 0 Å². The van der Waals surface area contributed by atoms with Crippen LogP contribution >= 0.6 is 0 Å². The maximum Gasteiger partial charge on any atom is 0.243 e. The molecular formula is C15H25N3O2S. The van der Waals surface area contributed by atoms with Gasteiger partial charge in [-0.25, -0.2) is 8.42 Å². The van der Waals surface area contributed by atoms with Crippen molar-refractivity contribution in [3.63, 3.8) is 0 Å². The lowest BCUT2D eigenvalue weighted by atomic mass is 10.1. The molecule has 1 aliphatic heterocycles. The van der Waals surface area contributed by atoms with E-state index < -0.39 is 10.0 Å². The van der Waals surface area contributed by atoms with Gasteiger partial charge in [0.15, 0.2) is 0 Å². The lowest BCUT2D eigenvalue weighted by Gasteiger charge is -2.33. The van der Waals surface area contributed by atoms with Crippen LogP contribution in [0.1, 0.15) is 18.1 Å². The monoisotopic (exact) mass is 311 g/mol. The smallest absolute Gasteiger partial charge is 0.243 e. The molecule has 1 heterocycles. The zero-order valence-corrected chi connectivity index (χ0v) is 13.9. The second kappa shape index (κ2) is 6.87. The number of hydrogen-bond acceptors (Lipinski definition) is 4. The first kappa shape index (κ1) is 16.4. The Hall–Kier alpha value is -0.950. The van der Waals surface area contributed by atoms with Gasteiger partial charge in [-0.05, 0) is 37.7 Å². The van der Waals surface area contributed by atoms with Crippen LogP contribution in [0.15, 0.2) is 23.1 Å². The summed E-state index contributed by atoms with van der Waals surface area (Å²) in [7, 11) is -1.52. The molecule has 0 aromatic heterocycles. The number of piperazine rings is 1. The van der Waals surface area contributed by atoms with Crippen molar-refractivity contribution < 1.29 is 8.42 Å². The summed E-state index contributed by atoms with van der Waals surface area (Å²) in [5.41, 5.74) is 1.88. The van der Waals surface area contributed by atoms with Crippen molar-refractivity contribution in [3.8, 4) is 0 Å². The first-order valence-electron chi connectivity index (χ1n) is 7.46. The molecule has 0 saturated carbocycles. The molecule has 0 amide bonds. The Kier molecular flexibility index (Phi) is 5.37. The van der Waals surface area contributed by atoms with Crippen LogP contribution in [0.3, 0.4) is 0 Å². The van der Waals surface area contributed by atoms with Crippen molar-refractivity contribution in [1.82, 2.24) is 14.5 Å². The minimum absolute atomic E-state index is 0.445. The van der Waals surface area contributed by atoms with Crippen LogP contribution in [0.4, 0.5) is 0 Å². The molecule has 21 heavy (non-hydrogen) atoms. The van der Waals surface area contributed by atoms with Crippen molar-refractivity contribution in [2.24, 2.45) is 0 Å². The third kappa shape index (κ3) is 3.45. The first-order valence-corrected chi connectivity index (χ1v) is 8.90. The zero-order chi connectivity index (χ0) is 15.5. The van der Waals surface area contributed by atoms with Gasteiger partial charge in [-0.2, -0.15) is 4.31 Å². The molecule has 5 nitrogen and oxygen atoms in total. The van der Waals surface area contributed by atoms with Gasteiger partial charge in [-0.3, -0.25) is 0 Å². The van der Waals surface area contributed by atoms with Crippen LogP contribution in [-0.2, 0) is 16.6 Å². The predicted molar refractivity (Wildman–Crippen MR) is 84.8 cm³/mol. The van der Waals surface area contributed by atoms with E-state index in [-0.39, 0.29) is 0 Å². The Balaban J connectivity index is 2.26. The molecule has 0 aliphatic carbocycles. The van der Waals surface area contributed by atoms with Crippen molar-refractivity contribution in [1.29, 1.82) is 0 Å². The molecular weight excluding hydrogens is 286 g/mol. The highest BCUT2D eigenvalue weighted by atomic mass is 32.2. The van der Waals surface area contributed by atoms with Gasteiger partial charge in [0, 0.05) is 32.7 Å². The molecule has 0 unspecified atom stereocenters.